The Balaban J connectivity index is 2.35. The van der Waals surface area contributed by atoms with Crippen LogP contribution < -0.4 is 5.32 Å². The molecule has 1 rings (SSSR count). The molecule has 3 nitrogen and oxygen atoms in total. The molecule has 1 aromatic carbocycles. The summed E-state index contributed by atoms with van der Waals surface area (Å²) >= 11 is 13.7. The first-order valence-corrected chi connectivity index (χ1v) is 8.49. The highest BCUT2D eigenvalue weighted by molar-refractivity contribution is 7.99. The third-order valence-corrected chi connectivity index (χ3v) is 4.26. The van der Waals surface area contributed by atoms with Crippen LogP contribution in [0.3, 0.4) is 0 Å². The molecular formula is C15H22Cl2N2OS. The summed E-state index contributed by atoms with van der Waals surface area (Å²) in [4.78, 5) is 14.8. The van der Waals surface area contributed by atoms with Gasteiger partial charge in [0.05, 0.1) is 11.6 Å². The van der Waals surface area contributed by atoms with E-state index in [1.807, 2.05) is 38.8 Å². The van der Waals surface area contributed by atoms with Gasteiger partial charge in [-0.25, -0.2) is 0 Å². The Kier molecular flexibility index (Phi) is 7.34. The number of halogens is 2. The van der Waals surface area contributed by atoms with E-state index in [0.717, 1.165) is 17.2 Å². The monoisotopic (exact) mass is 348 g/mol. The van der Waals surface area contributed by atoms with E-state index >= 15 is 0 Å². The highest BCUT2D eigenvalue weighted by Gasteiger charge is 2.15. The minimum Gasteiger partial charge on any atom is -0.350 e. The number of hydrogen-bond acceptors (Lipinski definition) is 3. The van der Waals surface area contributed by atoms with Crippen molar-refractivity contribution < 1.29 is 4.79 Å². The Morgan fingerprint density at radius 2 is 2.00 bits per heavy atom. The molecular weight excluding hydrogens is 327 g/mol. The van der Waals surface area contributed by atoms with Gasteiger partial charge in [-0.15, -0.1) is 11.8 Å². The minimum absolute atomic E-state index is 0.0378. The van der Waals surface area contributed by atoms with Crippen LogP contribution in [0.4, 0.5) is 0 Å². The van der Waals surface area contributed by atoms with Gasteiger partial charge in [-0.1, -0.05) is 23.2 Å². The maximum atomic E-state index is 11.8. The molecule has 0 spiro atoms. The van der Waals surface area contributed by atoms with Crippen molar-refractivity contribution in [1.29, 1.82) is 0 Å². The zero-order chi connectivity index (χ0) is 16.0. The fraction of sp³-hybridized carbons (Fsp3) is 0.533. The molecule has 1 aromatic rings. The molecule has 0 atom stereocenters. The predicted octanol–water partition coefficient (Wildman–Crippen LogP) is 3.93. The van der Waals surface area contributed by atoms with Crippen LogP contribution in [0.1, 0.15) is 20.8 Å². The maximum Gasteiger partial charge on any atom is 0.234 e. The molecule has 118 valence electrons. The lowest BCUT2D eigenvalue weighted by atomic mass is 10.1. The number of likely N-dealkylation sites (N-methyl/N-ethyl adjacent to an activating group) is 1. The van der Waals surface area contributed by atoms with Crippen LogP contribution in [0.2, 0.25) is 10.0 Å². The highest BCUT2D eigenvalue weighted by Crippen LogP contribution is 2.29. The summed E-state index contributed by atoms with van der Waals surface area (Å²) < 4.78 is 0. The van der Waals surface area contributed by atoms with E-state index in [0.29, 0.717) is 16.6 Å². The second kappa shape index (κ2) is 8.28. The van der Waals surface area contributed by atoms with Crippen LogP contribution in [-0.4, -0.2) is 42.2 Å². The summed E-state index contributed by atoms with van der Waals surface area (Å²) in [7, 11) is 1.93. The third kappa shape index (κ3) is 7.96. The van der Waals surface area contributed by atoms with Gasteiger partial charge in [0, 0.05) is 27.8 Å². The van der Waals surface area contributed by atoms with Gasteiger partial charge in [0.2, 0.25) is 5.91 Å². The number of amides is 1. The van der Waals surface area contributed by atoms with Gasteiger partial charge in [0.1, 0.15) is 0 Å². The Morgan fingerprint density at radius 1 is 1.33 bits per heavy atom. The first-order valence-electron chi connectivity index (χ1n) is 6.75. The number of nitrogens with one attached hydrogen (secondary N) is 1. The van der Waals surface area contributed by atoms with Gasteiger partial charge in [0.25, 0.3) is 0 Å². The Labute approximate surface area is 141 Å². The number of thioether (sulfide) groups is 1. The van der Waals surface area contributed by atoms with Crippen LogP contribution >= 0.6 is 35.0 Å². The zero-order valence-corrected chi connectivity index (χ0v) is 15.2. The number of hydrogen-bond donors (Lipinski definition) is 1. The molecule has 0 unspecified atom stereocenters. The molecule has 0 radical (unpaired) electrons. The summed E-state index contributed by atoms with van der Waals surface area (Å²) in [5, 5.41) is 4.34. The molecule has 0 bridgehead atoms. The van der Waals surface area contributed by atoms with Gasteiger partial charge in [0.15, 0.2) is 0 Å². The smallest absolute Gasteiger partial charge is 0.234 e. The molecule has 21 heavy (non-hydrogen) atoms. The van der Waals surface area contributed by atoms with Crippen molar-refractivity contribution in [1.82, 2.24) is 10.2 Å². The van der Waals surface area contributed by atoms with Crippen molar-refractivity contribution in [3.05, 3.63) is 28.2 Å². The van der Waals surface area contributed by atoms with E-state index in [1.54, 1.807) is 23.9 Å². The first-order chi connectivity index (χ1) is 9.67. The van der Waals surface area contributed by atoms with Crippen molar-refractivity contribution in [3.8, 4) is 0 Å². The number of benzene rings is 1. The van der Waals surface area contributed by atoms with Gasteiger partial charge in [-0.3, -0.25) is 9.69 Å². The Hall–Kier alpha value is -0.420. The molecule has 0 heterocycles. The van der Waals surface area contributed by atoms with Gasteiger partial charge < -0.3 is 5.32 Å². The molecule has 0 aliphatic carbocycles. The van der Waals surface area contributed by atoms with E-state index in [4.69, 9.17) is 23.2 Å². The third-order valence-electron chi connectivity index (χ3n) is 2.55. The van der Waals surface area contributed by atoms with Crippen molar-refractivity contribution in [2.45, 2.75) is 31.2 Å². The summed E-state index contributed by atoms with van der Waals surface area (Å²) in [5.74, 6) is 0.884. The summed E-state index contributed by atoms with van der Waals surface area (Å²) in [6.45, 7) is 7.11. The lowest BCUT2D eigenvalue weighted by Crippen LogP contribution is -2.45. The van der Waals surface area contributed by atoms with E-state index < -0.39 is 0 Å². The van der Waals surface area contributed by atoms with E-state index in [-0.39, 0.29) is 11.4 Å². The van der Waals surface area contributed by atoms with Gasteiger partial charge >= 0.3 is 0 Å². The molecule has 1 amide bonds. The number of rotatable bonds is 6. The fourth-order valence-corrected chi connectivity index (χ4v) is 3.24. The van der Waals surface area contributed by atoms with Gasteiger partial charge in [-0.2, -0.15) is 0 Å². The lowest BCUT2D eigenvalue weighted by Gasteiger charge is -2.23. The van der Waals surface area contributed by atoms with Crippen LogP contribution in [0, 0.1) is 0 Å². The number of carbonyl (C=O) groups excluding carboxylic acids is 1. The molecule has 0 aliphatic rings. The summed E-state index contributed by atoms with van der Waals surface area (Å²) in [6, 6.07) is 5.44. The first kappa shape index (κ1) is 18.6. The molecule has 0 saturated carbocycles. The van der Waals surface area contributed by atoms with Crippen LogP contribution in [-0.2, 0) is 4.79 Å². The van der Waals surface area contributed by atoms with Crippen molar-refractivity contribution in [2.24, 2.45) is 0 Å². The van der Waals surface area contributed by atoms with E-state index in [2.05, 4.69) is 5.32 Å². The topological polar surface area (TPSA) is 32.3 Å². The summed E-state index contributed by atoms with van der Waals surface area (Å²) in [6.07, 6.45) is 0. The number of carbonyl (C=O) groups is 1. The molecule has 0 saturated heterocycles. The average Bonchev–Trinajstić information content (AvgIpc) is 2.31. The molecule has 1 N–H and O–H groups in total. The average molecular weight is 349 g/mol. The summed E-state index contributed by atoms with van der Waals surface area (Å²) in [5.41, 5.74) is -0.193. The lowest BCUT2D eigenvalue weighted by molar-refractivity contribution is -0.123. The quantitative estimate of drug-likeness (QED) is 0.790. The van der Waals surface area contributed by atoms with Crippen LogP contribution in [0.25, 0.3) is 0 Å². The fourth-order valence-electron chi connectivity index (χ4n) is 1.68. The van der Waals surface area contributed by atoms with Crippen molar-refractivity contribution in [3.63, 3.8) is 0 Å². The Bertz CT molecular complexity index is 489. The molecule has 6 heteroatoms. The second-order valence-corrected chi connectivity index (χ2v) is 7.94. The minimum atomic E-state index is -0.193. The second-order valence-electron chi connectivity index (χ2n) is 5.96. The highest BCUT2D eigenvalue weighted by atomic mass is 35.5. The van der Waals surface area contributed by atoms with E-state index in [1.165, 1.54) is 0 Å². The van der Waals surface area contributed by atoms with Crippen LogP contribution in [0.15, 0.2) is 23.1 Å². The largest absolute Gasteiger partial charge is 0.350 e. The molecule has 0 fully saturated rings. The van der Waals surface area contributed by atoms with Crippen molar-refractivity contribution >= 4 is 40.9 Å². The van der Waals surface area contributed by atoms with Gasteiger partial charge in [-0.05, 0) is 46.0 Å². The van der Waals surface area contributed by atoms with Crippen LogP contribution in [0.5, 0.6) is 0 Å². The zero-order valence-electron chi connectivity index (χ0n) is 12.9. The number of nitrogens with zero attached hydrogens (tertiary/aromatic N) is 1. The van der Waals surface area contributed by atoms with Crippen molar-refractivity contribution in [2.75, 3.05) is 25.9 Å². The normalized spacial score (nSPS) is 11.8. The standard InChI is InChI=1S/C15H22Cl2N2OS/c1-15(2,3)18-14(20)10-19(4)7-8-21-13-9-11(16)5-6-12(13)17/h5-6,9H,7-8,10H2,1-4H3,(H,18,20). The Morgan fingerprint density at radius 3 is 2.62 bits per heavy atom. The SMILES string of the molecule is CN(CCSc1cc(Cl)ccc1Cl)CC(=O)NC(C)(C)C. The maximum absolute atomic E-state index is 11.8. The van der Waals surface area contributed by atoms with E-state index in [9.17, 15) is 4.79 Å². The predicted molar refractivity (Wildman–Crippen MR) is 92.6 cm³/mol. The molecule has 0 aliphatic heterocycles. The molecule has 0 aromatic heterocycles.